The quantitative estimate of drug-likeness (QED) is 0.849. The number of sulfone groups is 1. The molecule has 0 amide bonds. The van der Waals surface area contributed by atoms with Crippen molar-refractivity contribution in [1.29, 1.82) is 0 Å². The summed E-state index contributed by atoms with van der Waals surface area (Å²) >= 11 is 0. The third-order valence-corrected chi connectivity index (χ3v) is 4.44. The predicted molar refractivity (Wildman–Crippen MR) is 58.6 cm³/mol. The van der Waals surface area contributed by atoms with Crippen LogP contribution in [-0.4, -0.2) is 19.5 Å². The molecule has 0 saturated heterocycles. The van der Waals surface area contributed by atoms with Gasteiger partial charge in [0.15, 0.2) is 0 Å². The van der Waals surface area contributed by atoms with E-state index in [1.54, 1.807) is 19.1 Å². The summed E-state index contributed by atoms with van der Waals surface area (Å²) in [7, 11) is -3.58. The normalized spacial score (nSPS) is 16.7. The Morgan fingerprint density at radius 1 is 1.38 bits per heavy atom. The van der Waals surface area contributed by atoms with Crippen LogP contribution in [-0.2, 0) is 14.6 Å². The number of aliphatic carboxylic acids is 1. The van der Waals surface area contributed by atoms with Gasteiger partial charge in [0.25, 0.3) is 0 Å². The summed E-state index contributed by atoms with van der Waals surface area (Å²) in [5.74, 6) is -1.14. The molecule has 2 rings (SSSR count). The maximum absolute atomic E-state index is 11.9. The smallest absolute Gasteiger partial charge is 0.308 e. The first kappa shape index (κ1) is 10.9. The fraction of sp³-hybridized carbons (Fsp3) is 0.182. The summed E-state index contributed by atoms with van der Waals surface area (Å²) in [6.45, 7) is 1.80. The summed E-state index contributed by atoms with van der Waals surface area (Å²) in [5, 5.41) is 8.65. The number of hydrogen-bond acceptors (Lipinski definition) is 3. The van der Waals surface area contributed by atoms with Crippen molar-refractivity contribution in [3.05, 3.63) is 34.2 Å². The number of carboxylic acid groups (broad SMARTS) is 1. The summed E-state index contributed by atoms with van der Waals surface area (Å²) in [6, 6.07) is 4.96. The molecule has 0 fully saturated rings. The van der Waals surface area contributed by atoms with Crippen LogP contribution in [0.25, 0.3) is 6.08 Å². The van der Waals surface area contributed by atoms with Crippen LogP contribution in [0.15, 0.2) is 28.0 Å². The van der Waals surface area contributed by atoms with E-state index in [1.807, 2.05) is 0 Å². The van der Waals surface area contributed by atoms with Gasteiger partial charge >= 0.3 is 5.97 Å². The van der Waals surface area contributed by atoms with Crippen molar-refractivity contribution in [2.24, 2.45) is 0 Å². The highest BCUT2D eigenvalue weighted by Crippen LogP contribution is 2.35. The summed E-state index contributed by atoms with van der Waals surface area (Å²) in [4.78, 5) is 10.7. The van der Waals surface area contributed by atoms with Crippen molar-refractivity contribution < 1.29 is 18.3 Å². The van der Waals surface area contributed by atoms with Gasteiger partial charge in [-0.1, -0.05) is 12.1 Å². The Hall–Kier alpha value is -1.62. The molecule has 1 aliphatic heterocycles. The fourth-order valence-corrected chi connectivity index (χ4v) is 3.38. The lowest BCUT2D eigenvalue weighted by Gasteiger charge is -2.02. The average molecular weight is 238 g/mol. The van der Waals surface area contributed by atoms with Crippen LogP contribution in [0.2, 0.25) is 0 Å². The first-order valence-electron chi connectivity index (χ1n) is 4.70. The Kier molecular flexibility index (Phi) is 2.35. The lowest BCUT2D eigenvalue weighted by atomic mass is 10.1. The van der Waals surface area contributed by atoms with Crippen molar-refractivity contribution >= 4 is 21.9 Å². The van der Waals surface area contributed by atoms with E-state index in [2.05, 4.69) is 0 Å². The Labute approximate surface area is 93.1 Å². The lowest BCUT2D eigenvalue weighted by molar-refractivity contribution is -0.136. The second-order valence-corrected chi connectivity index (χ2v) is 5.64. The molecule has 84 valence electrons. The molecule has 0 bridgehead atoms. The molecule has 0 atom stereocenters. The van der Waals surface area contributed by atoms with Gasteiger partial charge in [-0.3, -0.25) is 4.79 Å². The van der Waals surface area contributed by atoms with Crippen molar-refractivity contribution in [2.45, 2.75) is 18.2 Å². The first-order valence-corrected chi connectivity index (χ1v) is 6.18. The van der Waals surface area contributed by atoms with E-state index in [-0.39, 0.29) is 9.80 Å². The average Bonchev–Trinajstić information content (AvgIpc) is 2.41. The van der Waals surface area contributed by atoms with Gasteiger partial charge in [0.1, 0.15) is 0 Å². The molecule has 0 unspecified atom stereocenters. The van der Waals surface area contributed by atoms with Gasteiger partial charge in [-0.2, -0.15) is 0 Å². The van der Waals surface area contributed by atoms with Crippen LogP contribution in [0.3, 0.4) is 0 Å². The third-order valence-electron chi connectivity index (χ3n) is 2.55. The zero-order chi connectivity index (χ0) is 11.9. The molecule has 0 radical (unpaired) electrons. The molecule has 1 N–H and O–H groups in total. The van der Waals surface area contributed by atoms with Crippen molar-refractivity contribution in [1.82, 2.24) is 0 Å². The van der Waals surface area contributed by atoms with Crippen LogP contribution in [0.1, 0.15) is 17.5 Å². The van der Waals surface area contributed by atoms with E-state index in [4.69, 9.17) is 5.11 Å². The van der Waals surface area contributed by atoms with E-state index in [0.29, 0.717) is 5.56 Å². The van der Waals surface area contributed by atoms with Gasteiger partial charge < -0.3 is 5.11 Å². The monoisotopic (exact) mass is 238 g/mol. The van der Waals surface area contributed by atoms with Crippen LogP contribution >= 0.6 is 0 Å². The molecule has 0 aromatic heterocycles. The largest absolute Gasteiger partial charge is 0.481 e. The Morgan fingerprint density at radius 2 is 2.06 bits per heavy atom. The molecule has 0 aliphatic carbocycles. The van der Waals surface area contributed by atoms with E-state index in [0.717, 1.165) is 5.56 Å². The number of carboxylic acids is 1. The topological polar surface area (TPSA) is 71.4 Å². The minimum Gasteiger partial charge on any atom is -0.481 e. The third kappa shape index (κ3) is 1.53. The number of hydrogen-bond donors (Lipinski definition) is 1. The first-order chi connectivity index (χ1) is 7.43. The number of fused-ring (bicyclic) bond motifs is 1. The predicted octanol–water partition coefficient (Wildman–Crippen LogP) is 1.60. The molecule has 1 aliphatic rings. The van der Waals surface area contributed by atoms with Crippen LogP contribution in [0.5, 0.6) is 0 Å². The van der Waals surface area contributed by atoms with Crippen molar-refractivity contribution in [3.63, 3.8) is 0 Å². The number of carbonyl (C=O) groups is 1. The van der Waals surface area contributed by atoms with Crippen LogP contribution in [0, 0.1) is 6.92 Å². The summed E-state index contributed by atoms with van der Waals surface area (Å²) < 4.78 is 23.9. The molecule has 0 spiro atoms. The van der Waals surface area contributed by atoms with Crippen LogP contribution in [0.4, 0.5) is 0 Å². The van der Waals surface area contributed by atoms with Gasteiger partial charge in [-0.25, -0.2) is 8.42 Å². The SMILES string of the molecule is Cc1cccc2c1C=C(CC(=O)O)S2(=O)=O. The minimum atomic E-state index is -3.58. The van der Waals surface area contributed by atoms with Gasteiger partial charge in [-0.15, -0.1) is 0 Å². The molecular weight excluding hydrogens is 228 g/mol. The molecular formula is C11H10O4S. The highest BCUT2D eigenvalue weighted by molar-refractivity contribution is 7.95. The van der Waals surface area contributed by atoms with Gasteiger partial charge in [0.05, 0.1) is 16.2 Å². The molecule has 0 saturated carbocycles. The van der Waals surface area contributed by atoms with Crippen molar-refractivity contribution in [2.75, 3.05) is 0 Å². The minimum absolute atomic E-state index is 0.0377. The fourth-order valence-electron chi connectivity index (χ4n) is 1.75. The second-order valence-electron chi connectivity index (χ2n) is 3.67. The Balaban J connectivity index is 2.61. The zero-order valence-corrected chi connectivity index (χ0v) is 9.41. The van der Waals surface area contributed by atoms with E-state index < -0.39 is 22.2 Å². The molecule has 4 nitrogen and oxygen atoms in total. The summed E-state index contributed by atoms with van der Waals surface area (Å²) in [5.41, 5.74) is 1.44. The standard InChI is InChI=1S/C11H10O4S/c1-7-3-2-4-10-9(7)5-8(6-11(12)13)16(10,14)15/h2-5H,6H2,1H3,(H,12,13). The summed E-state index contributed by atoms with van der Waals surface area (Å²) in [6.07, 6.45) is 0.991. The Bertz CT molecular complexity index is 596. The zero-order valence-electron chi connectivity index (χ0n) is 8.60. The number of aryl methyl sites for hydroxylation is 1. The molecule has 5 heteroatoms. The van der Waals surface area contributed by atoms with Gasteiger partial charge in [-0.05, 0) is 30.2 Å². The van der Waals surface area contributed by atoms with E-state index in [1.165, 1.54) is 12.1 Å². The second kappa shape index (κ2) is 3.45. The molecule has 16 heavy (non-hydrogen) atoms. The van der Waals surface area contributed by atoms with E-state index in [9.17, 15) is 13.2 Å². The number of benzene rings is 1. The molecule has 1 heterocycles. The van der Waals surface area contributed by atoms with Crippen LogP contribution < -0.4 is 0 Å². The highest BCUT2D eigenvalue weighted by atomic mass is 32.2. The lowest BCUT2D eigenvalue weighted by Crippen LogP contribution is -2.05. The van der Waals surface area contributed by atoms with Crippen molar-refractivity contribution in [3.8, 4) is 0 Å². The number of rotatable bonds is 2. The highest BCUT2D eigenvalue weighted by Gasteiger charge is 2.31. The Morgan fingerprint density at radius 3 is 2.62 bits per heavy atom. The van der Waals surface area contributed by atoms with Gasteiger partial charge in [0.2, 0.25) is 9.84 Å². The molecule has 1 aromatic carbocycles. The van der Waals surface area contributed by atoms with Gasteiger partial charge in [0, 0.05) is 0 Å². The van der Waals surface area contributed by atoms with E-state index >= 15 is 0 Å². The maximum atomic E-state index is 11.9. The molecule has 1 aromatic rings. The maximum Gasteiger partial charge on any atom is 0.308 e.